The Balaban J connectivity index is 1.89. The minimum atomic E-state index is -0.503. The molecule has 1 atom stereocenters. The quantitative estimate of drug-likeness (QED) is 0.791. The molecule has 1 saturated heterocycles. The maximum Gasteiger partial charge on any atom is 0.259 e. The summed E-state index contributed by atoms with van der Waals surface area (Å²) >= 11 is 0. The van der Waals surface area contributed by atoms with Crippen LogP contribution in [0.5, 0.6) is 0 Å². The molecule has 2 aliphatic rings. The van der Waals surface area contributed by atoms with Crippen molar-refractivity contribution in [1.82, 2.24) is 5.32 Å². The SMILES string of the molecule is C=C1CCC(N2C(=O)c3ccc(N)c4cccc2c34)C(=O)N1. The molecule has 5 nitrogen and oxygen atoms in total. The Hall–Kier alpha value is -2.82. The number of hydrogen-bond acceptors (Lipinski definition) is 3. The van der Waals surface area contributed by atoms with Gasteiger partial charge in [-0.05, 0) is 31.0 Å². The first-order chi connectivity index (χ1) is 10.6. The number of carbonyl (C=O) groups is 2. The van der Waals surface area contributed by atoms with Gasteiger partial charge in [-0.1, -0.05) is 18.7 Å². The Morgan fingerprint density at radius 2 is 2.05 bits per heavy atom. The van der Waals surface area contributed by atoms with Crippen LogP contribution in [-0.2, 0) is 4.79 Å². The molecular weight excluding hydrogens is 278 g/mol. The Labute approximate surface area is 127 Å². The summed E-state index contributed by atoms with van der Waals surface area (Å²) in [5, 5.41) is 4.44. The molecular formula is C17H15N3O2. The molecule has 0 aliphatic carbocycles. The van der Waals surface area contributed by atoms with Gasteiger partial charge in [-0.2, -0.15) is 0 Å². The van der Waals surface area contributed by atoms with Crippen molar-refractivity contribution in [1.29, 1.82) is 0 Å². The number of nitrogens with one attached hydrogen (secondary N) is 1. The van der Waals surface area contributed by atoms with Crippen molar-refractivity contribution in [2.45, 2.75) is 18.9 Å². The van der Waals surface area contributed by atoms with Crippen molar-refractivity contribution in [2.75, 3.05) is 10.6 Å². The van der Waals surface area contributed by atoms with Crippen LogP contribution in [-0.4, -0.2) is 17.9 Å². The molecule has 22 heavy (non-hydrogen) atoms. The maximum absolute atomic E-state index is 12.8. The number of carbonyl (C=O) groups excluding carboxylic acids is 2. The van der Waals surface area contributed by atoms with E-state index in [2.05, 4.69) is 11.9 Å². The van der Waals surface area contributed by atoms with Crippen LogP contribution >= 0.6 is 0 Å². The standard InChI is InChI=1S/C17H15N3O2/c1-9-5-8-14(16(21)19-9)20-13-4-2-3-10-12(18)7-6-11(15(10)13)17(20)22/h2-4,6-7,14H,1,5,8,18H2,(H,19,21). The first kappa shape index (κ1) is 12.9. The van der Waals surface area contributed by atoms with E-state index in [0.717, 1.165) is 16.5 Å². The molecule has 0 radical (unpaired) electrons. The van der Waals surface area contributed by atoms with Gasteiger partial charge < -0.3 is 11.1 Å². The lowest BCUT2D eigenvalue weighted by Gasteiger charge is -2.31. The van der Waals surface area contributed by atoms with E-state index in [1.165, 1.54) is 0 Å². The van der Waals surface area contributed by atoms with Crippen LogP contribution in [0.25, 0.3) is 10.8 Å². The Morgan fingerprint density at radius 3 is 2.82 bits per heavy atom. The van der Waals surface area contributed by atoms with Crippen LogP contribution in [0.4, 0.5) is 11.4 Å². The van der Waals surface area contributed by atoms with Gasteiger partial charge in [0.15, 0.2) is 0 Å². The molecule has 0 bridgehead atoms. The lowest BCUT2D eigenvalue weighted by atomic mass is 10.0. The first-order valence-electron chi connectivity index (χ1n) is 7.21. The van der Waals surface area contributed by atoms with E-state index in [4.69, 9.17) is 5.73 Å². The number of nitrogens with zero attached hydrogens (tertiary/aromatic N) is 1. The third kappa shape index (κ3) is 1.59. The molecule has 2 aromatic carbocycles. The summed E-state index contributed by atoms with van der Waals surface area (Å²) in [4.78, 5) is 26.7. The zero-order chi connectivity index (χ0) is 15.4. The van der Waals surface area contributed by atoms with Crippen LogP contribution in [0.15, 0.2) is 42.6 Å². The second-order valence-electron chi connectivity index (χ2n) is 5.72. The zero-order valence-electron chi connectivity index (χ0n) is 11.9. The van der Waals surface area contributed by atoms with Gasteiger partial charge in [-0.15, -0.1) is 0 Å². The molecule has 0 spiro atoms. The van der Waals surface area contributed by atoms with Crippen molar-refractivity contribution in [3.05, 3.63) is 48.2 Å². The van der Waals surface area contributed by atoms with Gasteiger partial charge in [0.2, 0.25) is 5.91 Å². The highest BCUT2D eigenvalue weighted by molar-refractivity contribution is 6.28. The normalized spacial score (nSPS) is 20.6. The van der Waals surface area contributed by atoms with Crippen molar-refractivity contribution >= 4 is 34.0 Å². The largest absolute Gasteiger partial charge is 0.398 e. The molecule has 3 N–H and O–H groups in total. The molecule has 0 saturated carbocycles. The number of rotatable bonds is 1. The van der Waals surface area contributed by atoms with E-state index in [1.54, 1.807) is 17.0 Å². The van der Waals surface area contributed by atoms with Crippen molar-refractivity contribution in [3.8, 4) is 0 Å². The molecule has 0 aromatic heterocycles. The van der Waals surface area contributed by atoms with Crippen LogP contribution in [0.2, 0.25) is 0 Å². The zero-order valence-corrected chi connectivity index (χ0v) is 11.9. The van der Waals surface area contributed by atoms with E-state index < -0.39 is 6.04 Å². The maximum atomic E-state index is 12.8. The third-order valence-electron chi connectivity index (χ3n) is 4.39. The Kier molecular flexibility index (Phi) is 2.54. The lowest BCUT2D eigenvalue weighted by Crippen LogP contribution is -2.51. The summed E-state index contributed by atoms with van der Waals surface area (Å²) in [6.07, 6.45) is 1.25. The van der Waals surface area contributed by atoms with Gasteiger partial charge in [0.05, 0.1) is 11.3 Å². The molecule has 2 amide bonds. The second-order valence-corrected chi connectivity index (χ2v) is 5.72. The Bertz CT molecular complexity index is 856. The fourth-order valence-electron chi connectivity index (χ4n) is 3.35. The average Bonchev–Trinajstić information content (AvgIpc) is 2.77. The number of anilines is 2. The smallest absolute Gasteiger partial charge is 0.259 e. The van der Waals surface area contributed by atoms with Gasteiger partial charge in [0, 0.05) is 22.2 Å². The number of amides is 2. The van der Waals surface area contributed by atoms with Crippen molar-refractivity contribution in [3.63, 3.8) is 0 Å². The second kappa shape index (κ2) is 4.34. The van der Waals surface area contributed by atoms with Crippen molar-refractivity contribution in [2.24, 2.45) is 0 Å². The highest BCUT2D eigenvalue weighted by Gasteiger charge is 2.39. The van der Waals surface area contributed by atoms with Crippen LogP contribution in [0.3, 0.4) is 0 Å². The first-order valence-corrected chi connectivity index (χ1v) is 7.21. The molecule has 2 heterocycles. The summed E-state index contributed by atoms with van der Waals surface area (Å²) in [6, 6.07) is 8.61. The lowest BCUT2D eigenvalue weighted by molar-refractivity contribution is -0.122. The number of allylic oxidation sites excluding steroid dienone is 1. The molecule has 5 heteroatoms. The minimum absolute atomic E-state index is 0.140. The van der Waals surface area contributed by atoms with Crippen LogP contribution in [0.1, 0.15) is 23.2 Å². The van der Waals surface area contributed by atoms with E-state index in [9.17, 15) is 9.59 Å². The Morgan fingerprint density at radius 1 is 1.23 bits per heavy atom. The molecule has 1 unspecified atom stereocenters. The summed E-state index contributed by atoms with van der Waals surface area (Å²) in [5.41, 5.74) is 8.72. The predicted octanol–water partition coefficient (Wildman–Crippen LogP) is 2.17. The van der Waals surface area contributed by atoms with Gasteiger partial charge in [-0.3, -0.25) is 14.5 Å². The van der Waals surface area contributed by atoms with E-state index in [-0.39, 0.29) is 11.8 Å². The number of nitrogen functional groups attached to an aromatic ring is 1. The third-order valence-corrected chi connectivity index (χ3v) is 4.39. The van der Waals surface area contributed by atoms with Crippen LogP contribution < -0.4 is 16.0 Å². The summed E-state index contributed by atoms with van der Waals surface area (Å²) in [6.45, 7) is 3.78. The monoisotopic (exact) mass is 293 g/mol. The van der Waals surface area contributed by atoms with E-state index in [1.807, 2.05) is 18.2 Å². The summed E-state index contributed by atoms with van der Waals surface area (Å²) in [7, 11) is 0. The van der Waals surface area contributed by atoms with Crippen LogP contribution in [0, 0.1) is 0 Å². The van der Waals surface area contributed by atoms with Gasteiger partial charge >= 0.3 is 0 Å². The molecule has 1 fully saturated rings. The predicted molar refractivity (Wildman–Crippen MR) is 85.5 cm³/mol. The highest BCUT2D eigenvalue weighted by atomic mass is 16.2. The molecule has 110 valence electrons. The van der Waals surface area contributed by atoms with Gasteiger partial charge in [0.25, 0.3) is 5.91 Å². The summed E-state index contributed by atoms with van der Waals surface area (Å²) < 4.78 is 0. The van der Waals surface area contributed by atoms with Crippen molar-refractivity contribution < 1.29 is 9.59 Å². The topological polar surface area (TPSA) is 75.4 Å². The van der Waals surface area contributed by atoms with E-state index in [0.29, 0.717) is 29.8 Å². The molecule has 4 rings (SSSR count). The molecule has 2 aliphatic heterocycles. The number of hydrogen-bond donors (Lipinski definition) is 2. The van der Waals surface area contributed by atoms with E-state index >= 15 is 0 Å². The molecule has 2 aromatic rings. The minimum Gasteiger partial charge on any atom is -0.398 e. The number of piperidine rings is 1. The highest BCUT2D eigenvalue weighted by Crippen LogP contribution is 2.41. The average molecular weight is 293 g/mol. The fraction of sp³-hybridized carbons (Fsp3) is 0.176. The van der Waals surface area contributed by atoms with Gasteiger partial charge in [0.1, 0.15) is 6.04 Å². The van der Waals surface area contributed by atoms with Gasteiger partial charge in [-0.25, -0.2) is 0 Å². The number of nitrogens with two attached hydrogens (primary N) is 1. The summed E-state index contributed by atoms with van der Waals surface area (Å²) in [5.74, 6) is -0.318. The fourth-order valence-corrected chi connectivity index (χ4v) is 3.35. The number of benzene rings is 2.